The lowest BCUT2D eigenvalue weighted by atomic mass is 10.1. The molecule has 0 spiro atoms. The van der Waals surface area contributed by atoms with Crippen LogP contribution in [0.25, 0.3) is 11.0 Å². The van der Waals surface area contributed by atoms with Crippen LogP contribution >= 0.6 is 23.2 Å². The second-order valence-electron chi connectivity index (χ2n) is 8.72. The van der Waals surface area contributed by atoms with Gasteiger partial charge in [0.15, 0.2) is 0 Å². The predicted octanol–water partition coefficient (Wildman–Crippen LogP) is 6.22. The van der Waals surface area contributed by atoms with E-state index >= 15 is 0 Å². The quantitative estimate of drug-likeness (QED) is 0.313. The SMILES string of the molecule is CC.Cc1cnc(Cl)c(Cc2cc3c(C)cc(C(C)(F)F)nc3n2C)c1Cl.O=CN1CCC(O)CC1. The zero-order chi connectivity index (χ0) is 27.2. The molecule has 198 valence electrons. The molecule has 1 aliphatic rings. The predicted molar refractivity (Wildman–Crippen MR) is 141 cm³/mol. The summed E-state index contributed by atoms with van der Waals surface area (Å²) < 4.78 is 29.2. The standard InChI is InChI=1S/C18H17Cl2F2N3.C6H11NO2.C2H6/c1-9-5-14(18(3,21)22)24-17-12(9)6-11(25(17)4)7-13-15(19)10(2)8-23-16(13)20;8-5-7-3-1-6(9)2-4-7;1-2/h5-6,8H,7H2,1-4H3;5-6,9H,1-4H2;1-2H3. The fourth-order valence-electron chi connectivity index (χ4n) is 3.83. The Kier molecular flexibility index (Phi) is 10.6. The highest BCUT2D eigenvalue weighted by Crippen LogP contribution is 2.32. The lowest BCUT2D eigenvalue weighted by Crippen LogP contribution is -2.34. The summed E-state index contributed by atoms with van der Waals surface area (Å²) in [4.78, 5) is 20.1. The molecule has 1 fully saturated rings. The van der Waals surface area contributed by atoms with Crippen molar-refractivity contribution < 1.29 is 18.7 Å². The molecular formula is C26H34Cl2F2N4O2. The first-order valence-electron chi connectivity index (χ1n) is 11.9. The Morgan fingerprint density at radius 1 is 1.17 bits per heavy atom. The minimum atomic E-state index is -2.99. The van der Waals surface area contributed by atoms with Gasteiger partial charge in [0.2, 0.25) is 6.41 Å². The second kappa shape index (κ2) is 12.8. The van der Waals surface area contributed by atoms with Gasteiger partial charge in [-0.15, -0.1) is 0 Å². The maximum Gasteiger partial charge on any atom is 0.287 e. The van der Waals surface area contributed by atoms with Gasteiger partial charge in [0.05, 0.1) is 11.1 Å². The Morgan fingerprint density at radius 3 is 2.33 bits per heavy atom. The summed E-state index contributed by atoms with van der Waals surface area (Å²) in [7, 11) is 1.80. The summed E-state index contributed by atoms with van der Waals surface area (Å²) in [6.45, 7) is 9.94. The van der Waals surface area contributed by atoms with Crippen LogP contribution in [0.15, 0.2) is 18.3 Å². The average Bonchev–Trinajstić information content (AvgIpc) is 3.17. The van der Waals surface area contributed by atoms with Gasteiger partial charge in [0.25, 0.3) is 5.92 Å². The molecule has 0 aliphatic carbocycles. The van der Waals surface area contributed by atoms with Crippen LogP contribution in [0.1, 0.15) is 61.7 Å². The fraction of sp³-hybridized carbons (Fsp3) is 0.500. The zero-order valence-electron chi connectivity index (χ0n) is 21.6. The molecule has 0 unspecified atom stereocenters. The third kappa shape index (κ3) is 7.14. The normalized spacial score (nSPS) is 14.1. The van der Waals surface area contributed by atoms with Crippen LogP contribution in [-0.4, -0.2) is 50.1 Å². The van der Waals surface area contributed by atoms with Gasteiger partial charge in [0.1, 0.15) is 16.5 Å². The number of carbonyl (C=O) groups excluding carboxylic acids is 1. The molecule has 4 heterocycles. The van der Waals surface area contributed by atoms with Crippen molar-refractivity contribution in [3.8, 4) is 0 Å². The summed E-state index contributed by atoms with van der Waals surface area (Å²) in [5, 5.41) is 10.7. The maximum atomic E-state index is 13.7. The highest BCUT2D eigenvalue weighted by molar-refractivity contribution is 6.35. The number of halogens is 4. The average molecular weight is 543 g/mol. The molecule has 1 aliphatic heterocycles. The number of hydrogen-bond acceptors (Lipinski definition) is 4. The lowest BCUT2D eigenvalue weighted by Gasteiger charge is -2.25. The van der Waals surface area contributed by atoms with Gasteiger partial charge in [-0.1, -0.05) is 37.0 Å². The third-order valence-electron chi connectivity index (χ3n) is 5.99. The van der Waals surface area contributed by atoms with E-state index in [0.717, 1.165) is 48.4 Å². The van der Waals surface area contributed by atoms with E-state index < -0.39 is 5.92 Å². The van der Waals surface area contributed by atoms with E-state index in [2.05, 4.69) is 9.97 Å². The van der Waals surface area contributed by atoms with Crippen LogP contribution in [0.3, 0.4) is 0 Å². The molecule has 3 aromatic rings. The van der Waals surface area contributed by atoms with Crippen LogP contribution in [0.4, 0.5) is 8.78 Å². The minimum absolute atomic E-state index is 0.179. The molecule has 4 rings (SSSR count). The Bertz CT molecular complexity index is 1190. The molecule has 0 radical (unpaired) electrons. The number of amides is 1. The minimum Gasteiger partial charge on any atom is -0.393 e. The monoisotopic (exact) mass is 542 g/mol. The number of nitrogens with zero attached hydrogens (tertiary/aromatic N) is 4. The Labute approximate surface area is 221 Å². The second-order valence-corrected chi connectivity index (χ2v) is 9.45. The number of aliphatic hydroxyl groups excluding tert-OH is 1. The van der Waals surface area contributed by atoms with Gasteiger partial charge in [0, 0.05) is 56.3 Å². The smallest absolute Gasteiger partial charge is 0.287 e. The molecule has 36 heavy (non-hydrogen) atoms. The first-order chi connectivity index (χ1) is 16.9. The first kappa shape index (κ1) is 29.9. The molecule has 0 bridgehead atoms. The number of alkyl halides is 2. The van der Waals surface area contributed by atoms with Gasteiger partial charge in [-0.3, -0.25) is 4.79 Å². The number of carbonyl (C=O) groups is 1. The van der Waals surface area contributed by atoms with E-state index in [9.17, 15) is 13.6 Å². The molecule has 1 amide bonds. The van der Waals surface area contributed by atoms with E-state index in [1.807, 2.05) is 26.8 Å². The molecule has 3 aromatic heterocycles. The van der Waals surface area contributed by atoms with Crippen LogP contribution < -0.4 is 0 Å². The summed E-state index contributed by atoms with van der Waals surface area (Å²) in [5.74, 6) is -2.99. The first-order valence-corrected chi connectivity index (χ1v) is 12.7. The number of aliphatic hydroxyl groups is 1. The summed E-state index contributed by atoms with van der Waals surface area (Å²) in [6.07, 6.45) is 4.19. The number of aromatic nitrogens is 3. The molecule has 1 saturated heterocycles. The molecule has 0 aromatic carbocycles. The van der Waals surface area contributed by atoms with Gasteiger partial charge < -0.3 is 14.6 Å². The topological polar surface area (TPSA) is 71.2 Å². The van der Waals surface area contributed by atoms with Gasteiger partial charge in [-0.2, -0.15) is 8.78 Å². The van der Waals surface area contributed by atoms with Crippen molar-refractivity contribution in [2.75, 3.05) is 13.1 Å². The van der Waals surface area contributed by atoms with E-state index in [0.29, 0.717) is 40.9 Å². The van der Waals surface area contributed by atoms with E-state index in [1.54, 1.807) is 29.6 Å². The van der Waals surface area contributed by atoms with Crippen molar-refractivity contribution >= 4 is 40.6 Å². The zero-order valence-corrected chi connectivity index (χ0v) is 23.1. The molecule has 6 nitrogen and oxygen atoms in total. The lowest BCUT2D eigenvalue weighted by molar-refractivity contribution is -0.119. The third-order valence-corrected chi connectivity index (χ3v) is 6.84. The van der Waals surface area contributed by atoms with Crippen LogP contribution in [0.5, 0.6) is 0 Å². The number of rotatable bonds is 4. The Hall–Kier alpha value is -2.29. The summed E-state index contributed by atoms with van der Waals surface area (Å²) in [5.41, 5.74) is 3.45. The van der Waals surface area contributed by atoms with E-state index in [1.165, 1.54) is 6.07 Å². The number of piperidine rings is 1. The van der Waals surface area contributed by atoms with Crippen LogP contribution in [-0.2, 0) is 24.2 Å². The highest BCUT2D eigenvalue weighted by atomic mass is 35.5. The van der Waals surface area contributed by atoms with Crippen LogP contribution in [0, 0.1) is 13.8 Å². The summed E-state index contributed by atoms with van der Waals surface area (Å²) >= 11 is 12.6. The maximum absolute atomic E-state index is 13.7. The van der Waals surface area contributed by atoms with Crippen molar-refractivity contribution in [3.63, 3.8) is 0 Å². The van der Waals surface area contributed by atoms with Gasteiger partial charge >= 0.3 is 0 Å². The molecule has 0 saturated carbocycles. The van der Waals surface area contributed by atoms with Crippen molar-refractivity contribution in [2.45, 2.75) is 65.9 Å². The Balaban J connectivity index is 0.000000347. The van der Waals surface area contributed by atoms with E-state index in [4.69, 9.17) is 28.3 Å². The van der Waals surface area contributed by atoms with Gasteiger partial charge in [-0.05, 0) is 49.9 Å². The highest BCUT2D eigenvalue weighted by Gasteiger charge is 2.28. The molecule has 1 N–H and O–H groups in total. The number of likely N-dealkylation sites (tertiary alicyclic amines) is 1. The Morgan fingerprint density at radius 2 is 1.78 bits per heavy atom. The van der Waals surface area contributed by atoms with Crippen molar-refractivity contribution in [1.82, 2.24) is 19.4 Å². The number of aryl methyl sites for hydroxylation is 3. The number of fused-ring (bicyclic) bond motifs is 1. The number of hydrogen-bond donors (Lipinski definition) is 1. The molecule has 0 atom stereocenters. The molecular weight excluding hydrogens is 509 g/mol. The number of pyridine rings is 2. The largest absolute Gasteiger partial charge is 0.393 e. The van der Waals surface area contributed by atoms with Crippen molar-refractivity contribution in [2.24, 2.45) is 7.05 Å². The summed E-state index contributed by atoms with van der Waals surface area (Å²) in [6, 6.07) is 3.37. The van der Waals surface area contributed by atoms with E-state index in [-0.39, 0.29) is 11.8 Å². The van der Waals surface area contributed by atoms with Crippen molar-refractivity contribution in [1.29, 1.82) is 0 Å². The van der Waals surface area contributed by atoms with Crippen molar-refractivity contribution in [3.05, 3.63) is 56.6 Å². The molecule has 10 heteroatoms. The van der Waals surface area contributed by atoms with Gasteiger partial charge in [-0.25, -0.2) is 9.97 Å². The van der Waals surface area contributed by atoms with Crippen LogP contribution in [0.2, 0.25) is 10.2 Å². The fourth-order valence-corrected chi connectivity index (χ4v) is 4.30.